The summed E-state index contributed by atoms with van der Waals surface area (Å²) in [5.74, 6) is 0.231. The maximum Gasteiger partial charge on any atom is 0.407 e. The minimum Gasteiger partial charge on any atom is -0.489 e. The van der Waals surface area contributed by atoms with Crippen molar-refractivity contribution in [2.45, 2.75) is 45.9 Å². The highest BCUT2D eigenvalue weighted by Gasteiger charge is 2.21. The first-order valence-electron chi connectivity index (χ1n) is 10.2. The number of aryl methyl sites for hydroxylation is 1. The highest BCUT2D eigenvalue weighted by molar-refractivity contribution is 5.77. The molecule has 0 fully saturated rings. The molecular weight excluding hydrogens is 396 g/mol. The third-order valence-corrected chi connectivity index (χ3v) is 4.26. The summed E-state index contributed by atoms with van der Waals surface area (Å²) in [5.41, 5.74) is 2.39. The van der Waals surface area contributed by atoms with Crippen molar-refractivity contribution in [2.75, 3.05) is 20.2 Å². The van der Waals surface area contributed by atoms with E-state index in [9.17, 15) is 9.59 Å². The Morgan fingerprint density at radius 1 is 1.03 bits per heavy atom. The molecule has 0 aliphatic carbocycles. The van der Waals surface area contributed by atoms with Crippen LogP contribution in [0.3, 0.4) is 0 Å². The van der Waals surface area contributed by atoms with Crippen LogP contribution in [0.1, 0.15) is 43.5 Å². The van der Waals surface area contributed by atoms with Crippen LogP contribution >= 0.6 is 0 Å². The Labute approximate surface area is 184 Å². The van der Waals surface area contributed by atoms with Gasteiger partial charge in [0.1, 0.15) is 24.0 Å². The van der Waals surface area contributed by atoms with Crippen molar-refractivity contribution in [1.29, 1.82) is 0 Å². The molecule has 7 heteroatoms. The maximum absolute atomic E-state index is 12.3. The van der Waals surface area contributed by atoms with Crippen LogP contribution in [-0.2, 0) is 20.9 Å². The number of esters is 1. The van der Waals surface area contributed by atoms with E-state index in [1.165, 1.54) is 12.7 Å². The smallest absolute Gasteiger partial charge is 0.407 e. The molecule has 1 amide bonds. The van der Waals surface area contributed by atoms with E-state index in [1.807, 2.05) is 49.4 Å². The average Bonchev–Trinajstić information content (AvgIpc) is 2.71. The largest absolute Gasteiger partial charge is 0.489 e. The molecule has 0 saturated heterocycles. The first kappa shape index (κ1) is 24.2. The van der Waals surface area contributed by atoms with Gasteiger partial charge >= 0.3 is 12.1 Å². The second kappa shape index (κ2) is 11.4. The van der Waals surface area contributed by atoms with Gasteiger partial charge in [-0.1, -0.05) is 42.0 Å². The monoisotopic (exact) mass is 428 g/mol. The number of carbonyl (C=O) groups is 2. The number of benzene rings is 2. The quantitative estimate of drug-likeness (QED) is 0.465. The van der Waals surface area contributed by atoms with Crippen LogP contribution in [-0.4, -0.2) is 37.9 Å². The number of nitrogens with one attached hydrogen (secondary N) is 2. The standard InChI is InChI=1S/C24H32N2O5/c1-17-8-6-9-18(14-17)16-30-20-11-7-10-19(15-20)21(22(27)29-5)25-12-13-26-23(28)31-24(2,3)4/h6-11,14-15,21,25H,12-13,16H2,1-5H3,(H,26,28). The number of hydrogen-bond acceptors (Lipinski definition) is 6. The Bertz CT molecular complexity index is 876. The van der Waals surface area contributed by atoms with E-state index in [1.54, 1.807) is 20.8 Å². The summed E-state index contributed by atoms with van der Waals surface area (Å²) in [6.45, 7) is 8.51. The van der Waals surface area contributed by atoms with E-state index in [0.717, 1.165) is 5.56 Å². The Balaban J connectivity index is 1.96. The van der Waals surface area contributed by atoms with Crippen LogP contribution in [0.25, 0.3) is 0 Å². The number of rotatable bonds is 9. The Morgan fingerprint density at radius 2 is 1.77 bits per heavy atom. The van der Waals surface area contributed by atoms with Crippen molar-refractivity contribution >= 4 is 12.1 Å². The Hall–Kier alpha value is -3.06. The molecule has 0 radical (unpaired) electrons. The molecule has 0 aliphatic rings. The SMILES string of the molecule is COC(=O)C(NCCNC(=O)OC(C)(C)C)c1cccc(OCc2cccc(C)c2)c1. The van der Waals surface area contributed by atoms with E-state index in [4.69, 9.17) is 14.2 Å². The lowest BCUT2D eigenvalue weighted by atomic mass is 10.1. The van der Waals surface area contributed by atoms with Crippen LogP contribution in [0.15, 0.2) is 48.5 Å². The van der Waals surface area contributed by atoms with Gasteiger partial charge in [0.2, 0.25) is 0 Å². The zero-order valence-corrected chi connectivity index (χ0v) is 18.9. The predicted octanol–water partition coefficient (Wildman–Crippen LogP) is 3.90. The van der Waals surface area contributed by atoms with Crippen molar-refractivity contribution in [1.82, 2.24) is 10.6 Å². The molecule has 0 aromatic heterocycles. The second-order valence-electron chi connectivity index (χ2n) is 8.19. The van der Waals surface area contributed by atoms with Crippen molar-refractivity contribution < 1.29 is 23.8 Å². The number of amides is 1. The summed E-state index contributed by atoms with van der Waals surface area (Å²) >= 11 is 0. The summed E-state index contributed by atoms with van der Waals surface area (Å²) < 4.78 is 16.0. The molecule has 0 saturated carbocycles. The zero-order valence-electron chi connectivity index (χ0n) is 18.9. The minimum absolute atomic E-state index is 0.298. The van der Waals surface area contributed by atoms with Gasteiger partial charge in [0.05, 0.1) is 7.11 Å². The fraction of sp³-hybridized carbons (Fsp3) is 0.417. The fourth-order valence-electron chi connectivity index (χ4n) is 2.90. The molecule has 0 spiro atoms. The van der Waals surface area contributed by atoms with E-state index >= 15 is 0 Å². The Morgan fingerprint density at radius 3 is 2.45 bits per heavy atom. The van der Waals surface area contributed by atoms with Crippen molar-refractivity contribution in [3.8, 4) is 5.75 Å². The van der Waals surface area contributed by atoms with Crippen LogP contribution in [0.2, 0.25) is 0 Å². The molecule has 0 aliphatic heterocycles. The van der Waals surface area contributed by atoms with Gasteiger partial charge in [-0.15, -0.1) is 0 Å². The van der Waals surface area contributed by atoms with Gasteiger partial charge in [0, 0.05) is 13.1 Å². The molecule has 7 nitrogen and oxygen atoms in total. The molecule has 1 unspecified atom stereocenters. The minimum atomic E-state index is -0.687. The number of methoxy groups -OCH3 is 1. The van der Waals surface area contributed by atoms with E-state index in [2.05, 4.69) is 16.7 Å². The summed E-state index contributed by atoms with van der Waals surface area (Å²) in [5, 5.41) is 5.77. The van der Waals surface area contributed by atoms with Crippen LogP contribution in [0.5, 0.6) is 5.75 Å². The lowest BCUT2D eigenvalue weighted by Gasteiger charge is -2.20. The second-order valence-corrected chi connectivity index (χ2v) is 8.19. The van der Waals surface area contributed by atoms with Gasteiger partial charge in [0.15, 0.2) is 0 Å². The number of hydrogen-bond donors (Lipinski definition) is 2. The van der Waals surface area contributed by atoms with Crippen LogP contribution in [0, 0.1) is 6.92 Å². The van der Waals surface area contributed by atoms with Gasteiger partial charge in [-0.2, -0.15) is 0 Å². The van der Waals surface area contributed by atoms with Gasteiger partial charge < -0.3 is 19.5 Å². The highest BCUT2D eigenvalue weighted by atomic mass is 16.6. The van der Waals surface area contributed by atoms with E-state index in [0.29, 0.717) is 31.0 Å². The lowest BCUT2D eigenvalue weighted by molar-refractivity contribution is -0.143. The van der Waals surface area contributed by atoms with E-state index in [-0.39, 0.29) is 0 Å². The third kappa shape index (κ3) is 8.68. The van der Waals surface area contributed by atoms with Gasteiger partial charge in [0.25, 0.3) is 0 Å². The van der Waals surface area contributed by atoms with Crippen molar-refractivity contribution in [3.05, 3.63) is 65.2 Å². The van der Waals surface area contributed by atoms with Gasteiger partial charge in [-0.05, 0) is 51.0 Å². The van der Waals surface area contributed by atoms with Gasteiger partial charge in [-0.3, -0.25) is 5.32 Å². The molecular formula is C24H32N2O5. The van der Waals surface area contributed by atoms with Crippen LogP contribution < -0.4 is 15.4 Å². The predicted molar refractivity (Wildman–Crippen MR) is 119 cm³/mol. The average molecular weight is 429 g/mol. The highest BCUT2D eigenvalue weighted by Crippen LogP contribution is 2.21. The van der Waals surface area contributed by atoms with Crippen LogP contribution in [0.4, 0.5) is 4.79 Å². The molecule has 2 rings (SSSR count). The molecule has 2 N–H and O–H groups in total. The summed E-state index contributed by atoms with van der Waals surface area (Å²) in [4.78, 5) is 24.1. The molecule has 31 heavy (non-hydrogen) atoms. The van der Waals surface area contributed by atoms with Crippen molar-refractivity contribution in [2.24, 2.45) is 0 Å². The third-order valence-electron chi connectivity index (χ3n) is 4.26. The maximum atomic E-state index is 12.3. The Kier molecular flexibility index (Phi) is 8.88. The normalized spacial score (nSPS) is 12.0. The van der Waals surface area contributed by atoms with Gasteiger partial charge in [-0.25, -0.2) is 9.59 Å². The van der Waals surface area contributed by atoms with E-state index < -0.39 is 23.7 Å². The number of ether oxygens (including phenoxy) is 3. The summed E-state index contributed by atoms with van der Waals surface area (Å²) in [6, 6.07) is 14.7. The van der Waals surface area contributed by atoms with Crippen molar-refractivity contribution in [3.63, 3.8) is 0 Å². The first-order chi connectivity index (χ1) is 14.7. The molecule has 0 heterocycles. The summed E-state index contributed by atoms with van der Waals surface area (Å²) in [6.07, 6.45) is -0.504. The molecule has 1 atom stereocenters. The molecule has 2 aromatic carbocycles. The summed E-state index contributed by atoms with van der Waals surface area (Å²) in [7, 11) is 1.34. The number of carbonyl (C=O) groups excluding carboxylic acids is 2. The molecule has 2 aromatic rings. The number of alkyl carbamates (subject to hydrolysis) is 1. The zero-order chi connectivity index (χ0) is 22.9. The topological polar surface area (TPSA) is 85.9 Å². The molecule has 0 bridgehead atoms. The lowest BCUT2D eigenvalue weighted by Crippen LogP contribution is -2.38. The molecule has 168 valence electrons. The first-order valence-corrected chi connectivity index (χ1v) is 10.2. The fourth-order valence-corrected chi connectivity index (χ4v) is 2.90.